The molecule has 1 saturated heterocycles. The lowest BCUT2D eigenvalue weighted by Gasteiger charge is -2.36. The minimum atomic E-state index is -1.10. The Morgan fingerprint density at radius 3 is 2.83 bits per heavy atom. The maximum Gasteiger partial charge on any atom is 0.167 e. The van der Waals surface area contributed by atoms with Gasteiger partial charge in [-0.25, -0.2) is 19.9 Å². The van der Waals surface area contributed by atoms with Crippen LogP contribution < -0.4 is 11.1 Å². The van der Waals surface area contributed by atoms with Crippen molar-refractivity contribution in [3.8, 4) is 6.07 Å². The van der Waals surface area contributed by atoms with Crippen molar-refractivity contribution in [3.63, 3.8) is 0 Å². The van der Waals surface area contributed by atoms with Gasteiger partial charge in [-0.3, -0.25) is 4.57 Å². The summed E-state index contributed by atoms with van der Waals surface area (Å²) in [5, 5.41) is 34.3. The molecule has 4 heterocycles. The molecule has 0 amide bonds. The number of aromatic nitrogens is 6. The fraction of sp³-hybridized carbons (Fsp3) is 0.536. The first-order valence-electron chi connectivity index (χ1n) is 14.0. The van der Waals surface area contributed by atoms with E-state index < -0.39 is 24.5 Å². The van der Waals surface area contributed by atoms with Crippen LogP contribution in [0.3, 0.4) is 0 Å². The summed E-state index contributed by atoms with van der Waals surface area (Å²) in [5.41, 5.74) is 9.54. The number of nitriles is 1. The van der Waals surface area contributed by atoms with Crippen LogP contribution in [0.2, 0.25) is 0 Å². The molecule has 2 aliphatic carbocycles. The number of nitrogens with two attached hydrogens (primary N) is 1. The summed E-state index contributed by atoms with van der Waals surface area (Å²) in [6.07, 6.45) is 6.10. The number of hydrogen-bond acceptors (Lipinski definition) is 10. The molecule has 1 aromatic carbocycles. The molecule has 0 radical (unpaired) electrons. The van der Waals surface area contributed by atoms with E-state index in [0.717, 1.165) is 60.9 Å². The molecule has 3 fully saturated rings. The van der Waals surface area contributed by atoms with Gasteiger partial charge in [-0.15, -0.1) is 0 Å². The second kappa shape index (κ2) is 9.78. The van der Waals surface area contributed by atoms with Gasteiger partial charge in [0.05, 0.1) is 34.9 Å². The smallest absolute Gasteiger partial charge is 0.167 e. The fourth-order valence-electron chi connectivity index (χ4n) is 6.23. The zero-order valence-corrected chi connectivity index (χ0v) is 22.1. The Kier molecular flexibility index (Phi) is 6.20. The van der Waals surface area contributed by atoms with E-state index in [1.54, 1.807) is 4.57 Å². The molecule has 0 unspecified atom stereocenters. The quantitative estimate of drug-likeness (QED) is 0.209. The third-order valence-electron chi connectivity index (χ3n) is 8.93. The van der Waals surface area contributed by atoms with Gasteiger partial charge in [-0.05, 0) is 68.7 Å². The second-order valence-electron chi connectivity index (χ2n) is 11.6. The number of H-pyrrole nitrogens is 1. The summed E-state index contributed by atoms with van der Waals surface area (Å²) < 4.78 is 7.64. The maximum absolute atomic E-state index is 10.7. The number of aliphatic hydroxyl groups excluding tert-OH is 2. The Hall–Kier alpha value is -3.63. The van der Waals surface area contributed by atoms with E-state index in [9.17, 15) is 15.5 Å². The lowest BCUT2D eigenvalue weighted by atomic mass is 9.77. The highest BCUT2D eigenvalue weighted by Gasteiger charge is 2.45. The van der Waals surface area contributed by atoms with Gasteiger partial charge in [0, 0.05) is 12.5 Å². The largest absolute Gasteiger partial charge is 0.388 e. The average Bonchev–Trinajstić information content (AvgIpc) is 3.30. The fourth-order valence-corrected chi connectivity index (χ4v) is 6.23. The van der Waals surface area contributed by atoms with Gasteiger partial charge in [-0.2, -0.15) is 5.26 Å². The molecule has 6 N–H and O–H groups in total. The normalized spacial score (nSPS) is 29.0. The summed E-state index contributed by atoms with van der Waals surface area (Å²) in [6, 6.07) is 9.09. The topological polar surface area (TPSA) is 184 Å². The van der Waals surface area contributed by atoms with Crippen molar-refractivity contribution in [3.05, 3.63) is 42.2 Å². The summed E-state index contributed by atoms with van der Waals surface area (Å²) >= 11 is 0. The number of fused-ring (bicyclic) bond motifs is 2. The Labute approximate surface area is 230 Å². The Bertz CT molecular complexity index is 1580. The first-order valence-corrected chi connectivity index (χ1v) is 14.0. The number of ether oxygens (including phenoxy) is 1. The van der Waals surface area contributed by atoms with Gasteiger partial charge in [0.15, 0.2) is 17.7 Å². The van der Waals surface area contributed by atoms with Crippen LogP contribution in [0.5, 0.6) is 0 Å². The molecule has 7 rings (SSSR count). The monoisotopic (exact) mass is 543 g/mol. The molecule has 4 atom stereocenters. The summed E-state index contributed by atoms with van der Waals surface area (Å²) in [7, 11) is 0. The SMILES string of the molecule is N#CC1(c2ccc3[nH]c(CCC4CC(NCC[C@H]5O[C@@H](n6cnc7c(N)ncnc76)[C@H](O)[C@@H]5O)C4)nc3c2)CC1. The summed E-state index contributed by atoms with van der Waals surface area (Å²) in [4.78, 5) is 20.6. The van der Waals surface area contributed by atoms with Crippen molar-refractivity contribution in [2.24, 2.45) is 5.92 Å². The lowest BCUT2D eigenvalue weighted by Crippen LogP contribution is -2.43. The van der Waals surface area contributed by atoms with Gasteiger partial charge in [0.25, 0.3) is 0 Å². The van der Waals surface area contributed by atoms with E-state index in [1.165, 1.54) is 12.7 Å². The third kappa shape index (κ3) is 4.39. The molecule has 12 nitrogen and oxygen atoms in total. The number of nitrogens with one attached hydrogen (secondary N) is 2. The van der Waals surface area contributed by atoms with Crippen molar-refractivity contribution < 1.29 is 14.9 Å². The van der Waals surface area contributed by atoms with E-state index in [4.69, 9.17) is 15.5 Å². The molecule has 40 heavy (non-hydrogen) atoms. The number of aryl methyl sites for hydroxylation is 1. The standard InChI is InChI=1S/C28H33N9O3/c29-12-28(6-7-28)16-2-3-18-19(11-16)36-21(35-18)4-1-15-9-17(10-15)31-8-5-20-23(38)24(39)27(40-20)37-14-34-22-25(30)32-13-33-26(22)37/h2-3,11,13-15,17,20,23-24,27,31,38-39H,1,4-10H2,(H,35,36)(H2,30,32,33)/t15?,17?,20-,23-,24-,27-/m1/s1. The molecule has 12 heteroatoms. The van der Waals surface area contributed by atoms with E-state index in [2.05, 4.69) is 49.5 Å². The molecule has 2 saturated carbocycles. The number of aromatic amines is 1. The highest BCUT2D eigenvalue weighted by Crippen LogP contribution is 2.48. The van der Waals surface area contributed by atoms with Crippen molar-refractivity contribution in [2.45, 2.75) is 80.9 Å². The molecule has 3 aliphatic rings. The molecule has 0 spiro atoms. The van der Waals surface area contributed by atoms with Gasteiger partial charge in [0.1, 0.15) is 29.9 Å². The van der Waals surface area contributed by atoms with Crippen LogP contribution in [-0.2, 0) is 16.6 Å². The number of imidazole rings is 2. The predicted octanol–water partition coefficient (Wildman–Crippen LogP) is 1.85. The minimum absolute atomic E-state index is 0.255. The van der Waals surface area contributed by atoms with Crippen molar-refractivity contribution >= 4 is 28.0 Å². The molecule has 208 valence electrons. The Balaban J connectivity index is 0.863. The van der Waals surface area contributed by atoms with Gasteiger partial charge in [0.2, 0.25) is 0 Å². The molecular formula is C28H33N9O3. The lowest BCUT2D eigenvalue weighted by molar-refractivity contribution is -0.0370. The van der Waals surface area contributed by atoms with Crippen molar-refractivity contribution in [2.75, 3.05) is 12.3 Å². The van der Waals surface area contributed by atoms with Crippen LogP contribution >= 0.6 is 0 Å². The molecule has 0 bridgehead atoms. The predicted molar refractivity (Wildman–Crippen MR) is 146 cm³/mol. The number of nitrogens with zero attached hydrogens (tertiary/aromatic N) is 6. The van der Waals surface area contributed by atoms with Crippen molar-refractivity contribution in [1.29, 1.82) is 5.26 Å². The first kappa shape index (κ1) is 25.3. The number of rotatable bonds is 9. The van der Waals surface area contributed by atoms with Crippen LogP contribution in [0.15, 0.2) is 30.9 Å². The zero-order valence-electron chi connectivity index (χ0n) is 22.1. The van der Waals surface area contributed by atoms with E-state index >= 15 is 0 Å². The van der Waals surface area contributed by atoms with Crippen LogP contribution in [0.1, 0.15) is 56.1 Å². The molecule has 4 aromatic rings. The highest BCUT2D eigenvalue weighted by molar-refractivity contribution is 5.81. The van der Waals surface area contributed by atoms with Crippen LogP contribution in [0, 0.1) is 17.2 Å². The first-order chi connectivity index (χ1) is 19.4. The molecule has 1 aliphatic heterocycles. The number of anilines is 1. The Morgan fingerprint density at radius 1 is 1.18 bits per heavy atom. The summed E-state index contributed by atoms with van der Waals surface area (Å²) in [6.45, 7) is 0.689. The van der Waals surface area contributed by atoms with E-state index in [1.807, 2.05) is 0 Å². The molecule has 3 aromatic heterocycles. The van der Waals surface area contributed by atoms with Gasteiger partial charge in [-0.1, -0.05) is 6.07 Å². The summed E-state index contributed by atoms with van der Waals surface area (Å²) in [5.74, 6) is 1.91. The number of hydrogen-bond donors (Lipinski definition) is 5. The molecular weight excluding hydrogens is 510 g/mol. The van der Waals surface area contributed by atoms with Gasteiger partial charge < -0.3 is 31.0 Å². The van der Waals surface area contributed by atoms with E-state index in [0.29, 0.717) is 36.1 Å². The van der Waals surface area contributed by atoms with Crippen molar-refractivity contribution in [1.82, 2.24) is 34.8 Å². The van der Waals surface area contributed by atoms with Crippen LogP contribution in [-0.4, -0.2) is 70.6 Å². The Morgan fingerprint density at radius 2 is 2.02 bits per heavy atom. The number of benzene rings is 1. The third-order valence-corrected chi connectivity index (χ3v) is 8.93. The highest BCUT2D eigenvalue weighted by atomic mass is 16.6. The van der Waals surface area contributed by atoms with Crippen LogP contribution in [0.4, 0.5) is 5.82 Å². The second-order valence-corrected chi connectivity index (χ2v) is 11.6. The number of aliphatic hydroxyl groups is 2. The average molecular weight is 544 g/mol. The zero-order chi connectivity index (χ0) is 27.4. The van der Waals surface area contributed by atoms with Gasteiger partial charge >= 0.3 is 0 Å². The van der Waals surface area contributed by atoms with E-state index in [-0.39, 0.29) is 11.2 Å². The minimum Gasteiger partial charge on any atom is -0.388 e. The van der Waals surface area contributed by atoms with Crippen LogP contribution in [0.25, 0.3) is 22.2 Å². The number of nitrogen functional groups attached to an aromatic ring is 1. The maximum atomic E-state index is 10.7.